The summed E-state index contributed by atoms with van der Waals surface area (Å²) in [6.45, 7) is 5.82. The fraction of sp³-hybridized carbons (Fsp3) is 0.182. The Morgan fingerprint density at radius 3 is 2.45 bits per heavy atom. The highest BCUT2D eigenvalue weighted by Crippen LogP contribution is 2.32. The van der Waals surface area contributed by atoms with Crippen molar-refractivity contribution in [3.05, 3.63) is 69.8 Å². The third kappa shape index (κ3) is 3.47. The molecule has 2 aromatic carbocycles. The van der Waals surface area contributed by atoms with E-state index in [-0.39, 0.29) is 23.2 Å². The summed E-state index contributed by atoms with van der Waals surface area (Å²) in [5, 5.41) is 3.21. The zero-order chi connectivity index (χ0) is 20.7. The zero-order valence-electron chi connectivity index (χ0n) is 16.3. The number of aromatic nitrogens is 2. The van der Waals surface area contributed by atoms with Gasteiger partial charge in [-0.05, 0) is 61.7 Å². The number of hydrogen-bond donors (Lipinski definition) is 1. The number of nitrogens with one attached hydrogen (secondary N) is 1. The van der Waals surface area contributed by atoms with Crippen LogP contribution in [-0.4, -0.2) is 27.5 Å². The molecule has 0 radical (unpaired) electrons. The van der Waals surface area contributed by atoms with Gasteiger partial charge in [-0.15, -0.1) is 0 Å². The van der Waals surface area contributed by atoms with Crippen LogP contribution in [0.15, 0.2) is 41.4 Å². The Labute approximate surface area is 173 Å². The summed E-state index contributed by atoms with van der Waals surface area (Å²) in [5.74, 6) is 0.523. The molecule has 0 atom stereocenters. The van der Waals surface area contributed by atoms with Crippen LogP contribution in [0.4, 0.5) is 11.4 Å². The monoisotopic (exact) mass is 406 g/mol. The first-order valence-corrected chi connectivity index (χ1v) is 9.54. The minimum atomic E-state index is -0.0982. The molecule has 146 valence electrons. The van der Waals surface area contributed by atoms with Crippen molar-refractivity contribution in [1.29, 1.82) is 0 Å². The van der Waals surface area contributed by atoms with E-state index >= 15 is 0 Å². The number of hydrogen-bond acceptors (Lipinski definition) is 4. The van der Waals surface area contributed by atoms with Gasteiger partial charge in [-0.2, -0.15) is 0 Å². The molecule has 4 rings (SSSR count). The van der Waals surface area contributed by atoms with E-state index in [1.165, 1.54) is 0 Å². The van der Waals surface area contributed by atoms with Gasteiger partial charge in [-0.25, -0.2) is 4.98 Å². The van der Waals surface area contributed by atoms with Crippen LogP contribution in [0.25, 0.3) is 5.69 Å². The highest BCUT2D eigenvalue weighted by atomic mass is 35.5. The van der Waals surface area contributed by atoms with Crippen LogP contribution in [0.5, 0.6) is 0 Å². The average Bonchev–Trinajstić information content (AvgIpc) is 2.88. The smallest absolute Gasteiger partial charge is 0.230 e. The summed E-state index contributed by atoms with van der Waals surface area (Å²) < 4.78 is 1.71. The molecular formula is C22H19ClN4O2. The molecule has 0 saturated heterocycles. The SMILES string of the molecule is Cc1cc2c(cc1C)NC(=O)CC(c1ccc(-n3c(C)nc(C=O)c3Cl)cc1)=N2. The number of amides is 1. The van der Waals surface area contributed by atoms with Gasteiger partial charge < -0.3 is 5.32 Å². The van der Waals surface area contributed by atoms with E-state index in [1.807, 2.05) is 50.2 Å². The second-order valence-corrected chi connectivity index (χ2v) is 7.43. The third-order valence-electron chi connectivity index (χ3n) is 5.05. The fourth-order valence-corrected chi connectivity index (χ4v) is 3.70. The van der Waals surface area contributed by atoms with Gasteiger partial charge in [-0.1, -0.05) is 23.7 Å². The number of imidazole rings is 1. The standard InChI is InChI=1S/C22H19ClN4O2/c1-12-8-18-19(9-13(12)2)26-21(29)10-17(25-18)15-4-6-16(7-5-15)27-14(3)24-20(11-28)22(27)23/h4-9,11H,10H2,1-3H3,(H,26,29). The molecule has 29 heavy (non-hydrogen) atoms. The molecule has 1 aliphatic heterocycles. The van der Waals surface area contributed by atoms with E-state index in [1.54, 1.807) is 11.5 Å². The second-order valence-electron chi connectivity index (χ2n) is 7.07. The van der Waals surface area contributed by atoms with Crippen LogP contribution in [0.3, 0.4) is 0 Å². The van der Waals surface area contributed by atoms with Crippen LogP contribution in [0.2, 0.25) is 5.15 Å². The molecule has 0 bridgehead atoms. The molecule has 7 heteroatoms. The van der Waals surface area contributed by atoms with Gasteiger partial charge in [0, 0.05) is 5.69 Å². The molecule has 3 aromatic rings. The molecular weight excluding hydrogens is 388 g/mol. The number of carbonyl (C=O) groups excluding carboxylic acids is 2. The largest absolute Gasteiger partial charge is 0.324 e. The summed E-state index contributed by atoms with van der Waals surface area (Å²) in [6.07, 6.45) is 0.826. The Hall–Kier alpha value is -3.25. The Kier molecular flexibility index (Phi) is 4.80. The molecule has 0 unspecified atom stereocenters. The van der Waals surface area contributed by atoms with Gasteiger partial charge in [0.25, 0.3) is 0 Å². The highest BCUT2D eigenvalue weighted by Gasteiger charge is 2.19. The van der Waals surface area contributed by atoms with E-state index in [2.05, 4.69) is 10.3 Å². The fourth-order valence-electron chi connectivity index (χ4n) is 3.40. The second kappa shape index (κ2) is 7.29. The lowest BCUT2D eigenvalue weighted by Crippen LogP contribution is -2.15. The van der Waals surface area contributed by atoms with E-state index in [4.69, 9.17) is 16.6 Å². The van der Waals surface area contributed by atoms with Gasteiger partial charge >= 0.3 is 0 Å². The number of anilines is 1. The topological polar surface area (TPSA) is 76.3 Å². The van der Waals surface area contributed by atoms with Gasteiger partial charge in [0.2, 0.25) is 5.91 Å². The van der Waals surface area contributed by atoms with Crippen molar-refractivity contribution in [2.24, 2.45) is 4.99 Å². The maximum absolute atomic E-state index is 12.4. The average molecular weight is 407 g/mol. The number of halogens is 1. The molecule has 0 fully saturated rings. The molecule has 0 aliphatic carbocycles. The van der Waals surface area contributed by atoms with Crippen molar-refractivity contribution >= 4 is 40.9 Å². The first-order valence-electron chi connectivity index (χ1n) is 9.17. The van der Waals surface area contributed by atoms with Crippen molar-refractivity contribution in [3.63, 3.8) is 0 Å². The number of nitrogens with zero attached hydrogens (tertiary/aromatic N) is 3. The lowest BCUT2D eigenvalue weighted by molar-refractivity contribution is -0.115. The van der Waals surface area contributed by atoms with Crippen LogP contribution in [-0.2, 0) is 4.79 Å². The minimum Gasteiger partial charge on any atom is -0.324 e. The number of aldehydes is 1. The first-order chi connectivity index (χ1) is 13.9. The predicted molar refractivity (Wildman–Crippen MR) is 114 cm³/mol. The predicted octanol–water partition coefficient (Wildman–Crippen LogP) is 4.73. The van der Waals surface area contributed by atoms with E-state index in [0.717, 1.165) is 33.8 Å². The molecule has 1 aliphatic rings. The van der Waals surface area contributed by atoms with Crippen LogP contribution in [0, 0.1) is 20.8 Å². The number of aliphatic imine (C=N–C) groups is 1. The van der Waals surface area contributed by atoms with Crippen molar-refractivity contribution in [1.82, 2.24) is 9.55 Å². The number of rotatable bonds is 3. The van der Waals surface area contributed by atoms with Gasteiger partial charge in [0.15, 0.2) is 6.29 Å². The zero-order valence-corrected chi connectivity index (χ0v) is 17.0. The summed E-state index contributed by atoms with van der Waals surface area (Å²) in [5.41, 5.74) is 6.23. The molecule has 0 spiro atoms. The van der Waals surface area contributed by atoms with E-state index in [0.29, 0.717) is 17.8 Å². The Morgan fingerprint density at radius 2 is 1.79 bits per heavy atom. The Balaban J connectivity index is 1.74. The van der Waals surface area contributed by atoms with Gasteiger partial charge in [-0.3, -0.25) is 19.1 Å². The Bertz CT molecular complexity index is 1180. The number of benzene rings is 2. The van der Waals surface area contributed by atoms with E-state index < -0.39 is 0 Å². The van der Waals surface area contributed by atoms with Gasteiger partial charge in [0.05, 0.1) is 23.5 Å². The molecule has 1 N–H and O–H groups in total. The summed E-state index contributed by atoms with van der Waals surface area (Å²) in [6, 6.07) is 11.5. The number of aryl methyl sites for hydroxylation is 3. The quantitative estimate of drug-likeness (QED) is 0.639. The normalized spacial score (nSPS) is 13.4. The van der Waals surface area contributed by atoms with Crippen molar-refractivity contribution in [2.75, 3.05) is 5.32 Å². The summed E-state index contributed by atoms with van der Waals surface area (Å²) in [4.78, 5) is 32.4. The summed E-state index contributed by atoms with van der Waals surface area (Å²) in [7, 11) is 0. The molecule has 6 nitrogen and oxygen atoms in total. The van der Waals surface area contributed by atoms with Crippen LogP contribution < -0.4 is 5.32 Å². The lowest BCUT2D eigenvalue weighted by Gasteiger charge is -2.09. The third-order valence-corrected chi connectivity index (χ3v) is 5.42. The van der Waals surface area contributed by atoms with Crippen molar-refractivity contribution in [3.8, 4) is 5.69 Å². The lowest BCUT2D eigenvalue weighted by atomic mass is 10.1. The maximum atomic E-state index is 12.4. The van der Waals surface area contributed by atoms with Crippen molar-refractivity contribution in [2.45, 2.75) is 27.2 Å². The highest BCUT2D eigenvalue weighted by molar-refractivity contribution is 6.32. The molecule has 0 saturated carbocycles. The summed E-state index contributed by atoms with van der Waals surface area (Å²) >= 11 is 6.27. The van der Waals surface area contributed by atoms with Crippen LogP contribution in [0.1, 0.15) is 39.4 Å². The first kappa shape index (κ1) is 19.1. The molecule has 2 heterocycles. The Morgan fingerprint density at radius 1 is 1.10 bits per heavy atom. The van der Waals surface area contributed by atoms with Crippen molar-refractivity contribution < 1.29 is 9.59 Å². The number of fused-ring (bicyclic) bond motifs is 1. The molecule has 1 aromatic heterocycles. The number of carbonyl (C=O) groups is 2. The minimum absolute atomic E-state index is 0.0982. The van der Waals surface area contributed by atoms with Gasteiger partial charge in [0.1, 0.15) is 16.7 Å². The van der Waals surface area contributed by atoms with Crippen LogP contribution >= 0.6 is 11.6 Å². The maximum Gasteiger partial charge on any atom is 0.230 e. The molecule has 1 amide bonds. The van der Waals surface area contributed by atoms with E-state index in [9.17, 15) is 9.59 Å².